The number of aromatic nitrogens is 2. The van der Waals surface area contributed by atoms with Gasteiger partial charge in [-0.3, -0.25) is 0 Å². The molecule has 2 aromatic rings. The van der Waals surface area contributed by atoms with Crippen molar-refractivity contribution in [2.45, 2.75) is 5.51 Å². The topological polar surface area (TPSA) is 123 Å². The monoisotopic (exact) mass is 336 g/mol. The summed E-state index contributed by atoms with van der Waals surface area (Å²) in [6, 6.07) is 4.73. The third-order valence-electron chi connectivity index (χ3n) is 2.15. The van der Waals surface area contributed by atoms with E-state index in [1.807, 2.05) is 0 Å². The third kappa shape index (κ3) is 4.43. The Hall–Kier alpha value is -2.65. The van der Waals surface area contributed by atoms with E-state index in [2.05, 4.69) is 9.96 Å². The maximum atomic E-state index is 10.7. The summed E-state index contributed by atoms with van der Waals surface area (Å²) in [6.45, 7) is 0. The average Bonchev–Trinajstić information content (AvgIpc) is 2.90. The molecular formula is C10H7F3N4O4S. The lowest BCUT2D eigenvalue weighted by molar-refractivity contribution is -0.0517. The van der Waals surface area contributed by atoms with Crippen molar-refractivity contribution < 1.29 is 31.2 Å². The summed E-state index contributed by atoms with van der Waals surface area (Å²) in [6.07, 6.45) is 5.01. The predicted octanol–water partition coefficient (Wildman–Crippen LogP) is 2.11. The normalized spacial score (nSPS) is 11.2. The zero-order chi connectivity index (χ0) is 17.0. The van der Waals surface area contributed by atoms with Gasteiger partial charge in [0.25, 0.3) is 0 Å². The van der Waals surface area contributed by atoms with Crippen LogP contribution in [0.2, 0.25) is 0 Å². The number of hydrogen-bond donors (Lipinski definition) is 1. The highest BCUT2D eigenvalue weighted by Gasteiger charge is 2.36. The molecule has 0 spiro atoms. The van der Waals surface area contributed by atoms with E-state index in [0.717, 1.165) is 5.69 Å². The molecule has 1 N–H and O–H groups in total. The summed E-state index contributed by atoms with van der Waals surface area (Å²) in [5.41, 5.74) is -4.74. The number of phenolic OH excluding ortho intramolecular Hbond substituents is 1. The number of alkyl halides is 3. The Morgan fingerprint density at radius 1 is 1.36 bits per heavy atom. The molecule has 0 radical (unpaired) electrons. The van der Waals surface area contributed by atoms with Crippen LogP contribution in [-0.2, 0) is 10.1 Å². The van der Waals surface area contributed by atoms with Crippen LogP contribution in [-0.4, -0.2) is 33.1 Å². The fourth-order valence-corrected chi connectivity index (χ4v) is 1.17. The molecule has 2 rings (SSSR count). The summed E-state index contributed by atoms with van der Waals surface area (Å²) in [5, 5.41) is 17.9. The second kappa shape index (κ2) is 6.41. The number of phenols is 1. The van der Waals surface area contributed by atoms with Crippen molar-refractivity contribution in [3.63, 3.8) is 0 Å². The van der Waals surface area contributed by atoms with Gasteiger partial charge in [0.1, 0.15) is 0 Å². The van der Waals surface area contributed by atoms with Gasteiger partial charge in [-0.15, -0.1) is 0 Å². The maximum Gasteiger partial charge on any atom is 0.485 e. The van der Waals surface area contributed by atoms with Gasteiger partial charge in [0, 0.05) is 24.5 Å². The number of aromatic hydroxyl groups is 1. The van der Waals surface area contributed by atoms with E-state index in [1.165, 1.54) is 12.1 Å². The summed E-state index contributed by atoms with van der Waals surface area (Å²) >= 11 is 0. The molecule has 12 heteroatoms. The second-order valence-electron chi connectivity index (χ2n) is 3.64. The molecule has 0 aliphatic rings. The Morgan fingerprint density at radius 3 is 2.32 bits per heavy atom. The summed E-state index contributed by atoms with van der Waals surface area (Å²) < 4.78 is 60.6. The third-order valence-corrected chi connectivity index (χ3v) is 2.72. The molecule has 0 bridgehead atoms. The van der Waals surface area contributed by atoms with Crippen molar-refractivity contribution >= 4 is 15.8 Å². The van der Waals surface area contributed by atoms with Gasteiger partial charge in [0.2, 0.25) is 11.1 Å². The van der Waals surface area contributed by atoms with Gasteiger partial charge in [-0.1, -0.05) is 0 Å². The first-order chi connectivity index (χ1) is 10.1. The highest BCUT2D eigenvalue weighted by molar-refractivity contribution is 7.86. The number of diazo groups is 1. The van der Waals surface area contributed by atoms with E-state index in [1.54, 1.807) is 29.4 Å². The molecule has 8 nitrogen and oxygen atoms in total. The fourth-order valence-electron chi connectivity index (χ4n) is 1.17. The zero-order valence-electron chi connectivity index (χ0n) is 10.5. The molecule has 0 atom stereocenters. The van der Waals surface area contributed by atoms with Crippen molar-refractivity contribution in [3.8, 4) is 11.4 Å². The van der Waals surface area contributed by atoms with Crippen LogP contribution in [0.3, 0.4) is 0 Å². The molecule has 0 amide bonds. The fraction of sp³-hybridized carbons (Fsp3) is 0.100. The molecule has 118 valence electrons. The van der Waals surface area contributed by atoms with Crippen LogP contribution < -0.4 is 0 Å². The number of halogens is 3. The average molecular weight is 336 g/mol. The van der Waals surface area contributed by atoms with E-state index in [0.29, 0.717) is 0 Å². The van der Waals surface area contributed by atoms with Crippen LogP contribution in [0, 0.1) is 5.39 Å². The highest BCUT2D eigenvalue weighted by atomic mass is 32.2. The molecule has 0 unspecified atom stereocenters. The number of rotatable bonds is 1. The Kier molecular flexibility index (Phi) is 5.07. The van der Waals surface area contributed by atoms with Crippen LogP contribution >= 0.6 is 0 Å². The lowest BCUT2D eigenvalue weighted by Gasteiger charge is -2.08. The van der Waals surface area contributed by atoms with Gasteiger partial charge in [0.05, 0.1) is 12.0 Å². The van der Waals surface area contributed by atoms with E-state index in [4.69, 9.17) is 18.4 Å². The quantitative estimate of drug-likeness (QED) is 0.483. The summed E-state index contributed by atoms with van der Waals surface area (Å²) in [4.78, 5) is 6.80. The second-order valence-corrected chi connectivity index (χ2v) is 5.01. The first kappa shape index (κ1) is 17.4. The lowest BCUT2D eigenvalue weighted by Crippen LogP contribution is -2.21. The molecule has 0 fully saturated rings. The number of hydrogen-bond acceptors (Lipinski definition) is 6. The van der Waals surface area contributed by atoms with Crippen molar-refractivity contribution in [1.29, 1.82) is 5.39 Å². The molecule has 0 saturated carbocycles. The first-order valence-corrected chi connectivity index (χ1v) is 6.65. The number of benzene rings is 1. The van der Waals surface area contributed by atoms with E-state index < -0.39 is 15.6 Å². The van der Waals surface area contributed by atoms with E-state index >= 15 is 0 Å². The molecule has 1 aromatic carbocycles. The number of nitrogens with zero attached hydrogens (tertiary/aromatic N) is 4. The van der Waals surface area contributed by atoms with Crippen LogP contribution in [0.15, 0.2) is 36.9 Å². The molecule has 0 saturated heterocycles. The predicted molar refractivity (Wildman–Crippen MR) is 65.7 cm³/mol. The smallest absolute Gasteiger partial charge is 0.485 e. The van der Waals surface area contributed by atoms with Crippen LogP contribution in [0.25, 0.3) is 10.7 Å². The lowest BCUT2D eigenvalue weighted by atomic mass is 10.2. The van der Waals surface area contributed by atoms with Crippen molar-refractivity contribution in [3.05, 3.63) is 41.9 Å². The van der Waals surface area contributed by atoms with E-state index in [9.17, 15) is 18.3 Å². The van der Waals surface area contributed by atoms with Gasteiger partial charge in [-0.05, 0) is 6.07 Å². The van der Waals surface area contributed by atoms with Gasteiger partial charge >= 0.3 is 11.2 Å². The van der Waals surface area contributed by atoms with Crippen molar-refractivity contribution in [1.82, 2.24) is 9.55 Å². The van der Waals surface area contributed by atoms with Gasteiger partial charge in [0.15, 0.2) is 15.1 Å². The van der Waals surface area contributed by atoms with Crippen LogP contribution in [0.1, 0.15) is 0 Å². The summed E-state index contributed by atoms with van der Waals surface area (Å²) in [5.74, 6) is -0.0706. The molecule has 22 heavy (non-hydrogen) atoms. The van der Waals surface area contributed by atoms with Crippen LogP contribution in [0.5, 0.6) is 5.75 Å². The van der Waals surface area contributed by atoms with Gasteiger partial charge in [-0.25, -0.2) is 13.4 Å². The Balaban J connectivity index is 0.000000261. The van der Waals surface area contributed by atoms with Crippen molar-refractivity contribution in [2.75, 3.05) is 0 Å². The minimum Gasteiger partial charge on any atom is -0.741 e. The van der Waals surface area contributed by atoms with Gasteiger partial charge < -0.3 is 14.2 Å². The minimum atomic E-state index is -6.09. The molecule has 0 aliphatic heterocycles. The molecule has 1 aromatic heterocycles. The highest BCUT2D eigenvalue weighted by Crippen LogP contribution is 2.28. The van der Waals surface area contributed by atoms with Crippen molar-refractivity contribution in [2.24, 2.45) is 0 Å². The summed E-state index contributed by atoms with van der Waals surface area (Å²) in [7, 11) is -6.09. The molecule has 1 heterocycles. The maximum absolute atomic E-state index is 10.7. The van der Waals surface area contributed by atoms with Gasteiger partial charge in [-0.2, -0.15) is 13.2 Å². The standard InChI is InChI=1S/C9H6N4O.CHF3O3S/c10-12-8-2-1-7(5-9(8)14)13-4-3-11-6-13;2-1(3,4)8(5,6)7/h1-6H;(H,5,6,7). The van der Waals surface area contributed by atoms with Crippen LogP contribution in [0.4, 0.5) is 18.9 Å². The Bertz CT molecular complexity index is 781. The molecular weight excluding hydrogens is 329 g/mol. The Labute approximate surface area is 121 Å². The SMILES string of the molecule is N#[N+]c1ccc(-n2ccnc2)cc1O.O=S(=O)([O-])C(F)(F)F. The van der Waals surface area contributed by atoms with E-state index in [-0.39, 0.29) is 11.4 Å². The largest absolute Gasteiger partial charge is 0.741 e. The molecule has 0 aliphatic carbocycles. The minimum absolute atomic E-state index is 0.0706. The number of imidazole rings is 1. The zero-order valence-corrected chi connectivity index (χ0v) is 11.3. The first-order valence-electron chi connectivity index (χ1n) is 5.25. The Morgan fingerprint density at radius 2 is 1.95 bits per heavy atom.